The Kier molecular flexibility index (Phi) is 4.34. The van der Waals surface area contributed by atoms with Gasteiger partial charge in [-0.2, -0.15) is 0 Å². The Labute approximate surface area is 88.2 Å². The third-order valence-electron chi connectivity index (χ3n) is 1.80. The highest BCUT2D eigenvalue weighted by Gasteiger charge is 2.01. The van der Waals surface area contributed by atoms with E-state index in [4.69, 9.17) is 9.94 Å². The van der Waals surface area contributed by atoms with Crippen molar-refractivity contribution in [1.82, 2.24) is 0 Å². The van der Waals surface area contributed by atoms with Crippen molar-refractivity contribution in [1.29, 1.82) is 0 Å². The molecule has 0 atom stereocenters. The molecule has 0 spiro atoms. The summed E-state index contributed by atoms with van der Waals surface area (Å²) in [6.45, 7) is 1.53. The summed E-state index contributed by atoms with van der Waals surface area (Å²) in [6.07, 6.45) is 0.698. The van der Waals surface area contributed by atoms with Crippen molar-refractivity contribution in [3.8, 4) is 0 Å². The highest BCUT2D eigenvalue weighted by Crippen LogP contribution is 2.04. The molecule has 0 fully saturated rings. The molecule has 15 heavy (non-hydrogen) atoms. The van der Waals surface area contributed by atoms with Gasteiger partial charge >= 0.3 is 5.97 Å². The molecule has 0 aliphatic rings. The largest absolute Gasteiger partial charge is 0.479 e. The highest BCUT2D eigenvalue weighted by atomic mass is 16.6. The number of rotatable bonds is 5. The fraction of sp³-hybridized carbons (Fsp3) is 0.273. The molecule has 0 saturated heterocycles. The van der Waals surface area contributed by atoms with E-state index in [0.29, 0.717) is 6.42 Å². The van der Waals surface area contributed by atoms with E-state index in [1.807, 2.05) is 37.3 Å². The molecule has 80 valence electrons. The summed E-state index contributed by atoms with van der Waals surface area (Å²) < 4.78 is 0. The van der Waals surface area contributed by atoms with Crippen LogP contribution in [0.4, 0.5) is 0 Å². The third-order valence-corrected chi connectivity index (χ3v) is 1.80. The number of benzene rings is 1. The van der Waals surface area contributed by atoms with Gasteiger partial charge in [-0.3, -0.25) is 0 Å². The molecular formula is C11H13NO3. The van der Waals surface area contributed by atoms with Crippen LogP contribution in [-0.4, -0.2) is 23.4 Å². The Hall–Kier alpha value is -1.84. The average molecular weight is 207 g/mol. The van der Waals surface area contributed by atoms with Gasteiger partial charge in [-0.05, 0) is 12.0 Å². The molecule has 4 nitrogen and oxygen atoms in total. The van der Waals surface area contributed by atoms with E-state index in [1.54, 1.807) is 0 Å². The van der Waals surface area contributed by atoms with Crippen LogP contribution >= 0.6 is 0 Å². The fourth-order valence-electron chi connectivity index (χ4n) is 1.12. The van der Waals surface area contributed by atoms with Crippen LogP contribution in [0, 0.1) is 0 Å². The Morgan fingerprint density at radius 1 is 1.40 bits per heavy atom. The summed E-state index contributed by atoms with van der Waals surface area (Å²) in [6, 6.07) is 9.53. The van der Waals surface area contributed by atoms with E-state index in [9.17, 15) is 4.79 Å². The zero-order valence-electron chi connectivity index (χ0n) is 8.51. The van der Waals surface area contributed by atoms with E-state index in [-0.39, 0.29) is 0 Å². The lowest BCUT2D eigenvalue weighted by Gasteiger charge is -2.02. The molecule has 0 bridgehead atoms. The van der Waals surface area contributed by atoms with Gasteiger partial charge in [0.1, 0.15) is 0 Å². The maximum Gasteiger partial charge on any atom is 0.344 e. The van der Waals surface area contributed by atoms with Crippen LogP contribution in [0.2, 0.25) is 0 Å². The standard InChI is InChI=1S/C11H13NO3/c1-2-10(12-15-8-11(13)14)9-6-4-3-5-7-9/h3-7H,2,8H2,1H3,(H,13,14). The summed E-state index contributed by atoms with van der Waals surface area (Å²) >= 11 is 0. The van der Waals surface area contributed by atoms with Crippen molar-refractivity contribution in [3.63, 3.8) is 0 Å². The molecule has 0 unspecified atom stereocenters. The summed E-state index contributed by atoms with van der Waals surface area (Å²) in [5, 5.41) is 12.2. The van der Waals surface area contributed by atoms with Gasteiger partial charge in [0.2, 0.25) is 6.61 Å². The summed E-state index contributed by atoms with van der Waals surface area (Å²) in [5.41, 5.74) is 1.70. The van der Waals surface area contributed by atoms with Gasteiger partial charge in [-0.15, -0.1) is 0 Å². The van der Waals surface area contributed by atoms with Crippen LogP contribution in [0.1, 0.15) is 18.9 Å². The lowest BCUT2D eigenvalue weighted by atomic mass is 10.1. The maximum absolute atomic E-state index is 10.2. The molecule has 0 heterocycles. The van der Waals surface area contributed by atoms with E-state index >= 15 is 0 Å². The molecule has 0 amide bonds. The lowest BCUT2D eigenvalue weighted by molar-refractivity contribution is -0.142. The summed E-state index contributed by atoms with van der Waals surface area (Å²) in [4.78, 5) is 14.9. The van der Waals surface area contributed by atoms with Crippen molar-refractivity contribution < 1.29 is 14.7 Å². The minimum Gasteiger partial charge on any atom is -0.479 e. The number of carboxylic acid groups (broad SMARTS) is 1. The van der Waals surface area contributed by atoms with E-state index in [2.05, 4.69) is 5.16 Å². The van der Waals surface area contributed by atoms with Gasteiger partial charge in [0.15, 0.2) is 0 Å². The number of hydrogen-bond donors (Lipinski definition) is 1. The maximum atomic E-state index is 10.2. The molecule has 0 aromatic heterocycles. The van der Waals surface area contributed by atoms with Gasteiger partial charge in [0.25, 0.3) is 0 Å². The normalized spacial score (nSPS) is 11.1. The van der Waals surface area contributed by atoms with Crippen molar-refractivity contribution in [2.45, 2.75) is 13.3 Å². The van der Waals surface area contributed by atoms with Gasteiger partial charge < -0.3 is 9.94 Å². The molecule has 0 aliphatic carbocycles. The van der Waals surface area contributed by atoms with Crippen LogP contribution in [0.5, 0.6) is 0 Å². The zero-order valence-corrected chi connectivity index (χ0v) is 8.51. The van der Waals surface area contributed by atoms with E-state index < -0.39 is 12.6 Å². The third kappa shape index (κ3) is 3.81. The molecule has 0 saturated carbocycles. The predicted molar refractivity (Wildman–Crippen MR) is 56.9 cm³/mol. The highest BCUT2D eigenvalue weighted by molar-refractivity contribution is 5.99. The van der Waals surface area contributed by atoms with Crippen molar-refractivity contribution in [2.75, 3.05) is 6.61 Å². The second kappa shape index (κ2) is 5.80. The second-order valence-corrected chi connectivity index (χ2v) is 2.92. The van der Waals surface area contributed by atoms with Crippen LogP contribution in [0.3, 0.4) is 0 Å². The smallest absolute Gasteiger partial charge is 0.344 e. The van der Waals surface area contributed by atoms with Crippen LogP contribution in [0.25, 0.3) is 0 Å². The molecule has 1 aromatic rings. The summed E-state index contributed by atoms with van der Waals surface area (Å²) in [5.74, 6) is -1.03. The number of carbonyl (C=O) groups is 1. The van der Waals surface area contributed by atoms with Gasteiger partial charge in [0, 0.05) is 0 Å². The van der Waals surface area contributed by atoms with Gasteiger partial charge in [-0.25, -0.2) is 4.79 Å². The first-order valence-corrected chi connectivity index (χ1v) is 4.70. The lowest BCUT2D eigenvalue weighted by Crippen LogP contribution is -2.06. The molecule has 0 radical (unpaired) electrons. The quantitative estimate of drug-likeness (QED) is 0.592. The van der Waals surface area contributed by atoms with Crippen LogP contribution in [0.15, 0.2) is 35.5 Å². The second-order valence-electron chi connectivity index (χ2n) is 2.92. The van der Waals surface area contributed by atoms with E-state index in [0.717, 1.165) is 11.3 Å². The SMILES string of the molecule is CCC(=NOCC(=O)O)c1ccccc1. The first-order chi connectivity index (χ1) is 7.24. The van der Waals surface area contributed by atoms with Crippen LogP contribution < -0.4 is 0 Å². The Bertz CT molecular complexity index is 346. The van der Waals surface area contributed by atoms with Crippen molar-refractivity contribution >= 4 is 11.7 Å². The Balaban J connectivity index is 2.67. The number of oxime groups is 1. The fourth-order valence-corrected chi connectivity index (χ4v) is 1.12. The van der Waals surface area contributed by atoms with Gasteiger partial charge in [0.05, 0.1) is 5.71 Å². The Morgan fingerprint density at radius 2 is 2.07 bits per heavy atom. The van der Waals surface area contributed by atoms with E-state index in [1.165, 1.54) is 0 Å². The number of nitrogens with zero attached hydrogens (tertiary/aromatic N) is 1. The number of hydrogen-bond acceptors (Lipinski definition) is 3. The molecule has 1 aromatic carbocycles. The molecule has 1 N–H and O–H groups in total. The van der Waals surface area contributed by atoms with Gasteiger partial charge in [-0.1, -0.05) is 42.4 Å². The van der Waals surface area contributed by atoms with Crippen LogP contribution in [-0.2, 0) is 9.63 Å². The number of carboxylic acids is 1. The molecule has 4 heteroatoms. The molecule has 0 aliphatic heterocycles. The zero-order chi connectivity index (χ0) is 11.1. The topological polar surface area (TPSA) is 58.9 Å². The van der Waals surface area contributed by atoms with Crippen molar-refractivity contribution in [2.24, 2.45) is 5.16 Å². The first kappa shape index (κ1) is 11.2. The monoisotopic (exact) mass is 207 g/mol. The number of aliphatic carboxylic acids is 1. The molecular weight excluding hydrogens is 194 g/mol. The van der Waals surface area contributed by atoms with Crippen molar-refractivity contribution in [3.05, 3.63) is 35.9 Å². The summed E-state index contributed by atoms with van der Waals surface area (Å²) in [7, 11) is 0. The first-order valence-electron chi connectivity index (χ1n) is 4.70. The minimum absolute atomic E-state index is 0.406. The predicted octanol–water partition coefficient (Wildman–Crippen LogP) is 1.90. The Morgan fingerprint density at radius 3 is 2.60 bits per heavy atom. The average Bonchev–Trinajstić information content (AvgIpc) is 2.25. The minimum atomic E-state index is -1.03. The molecule has 1 rings (SSSR count).